The van der Waals surface area contributed by atoms with Gasteiger partial charge in [-0.1, -0.05) is 31.5 Å². The molecule has 0 amide bonds. The van der Waals surface area contributed by atoms with Crippen LogP contribution in [0.2, 0.25) is 0 Å². The number of benzene rings is 1. The maximum absolute atomic E-state index is 12.5. The SMILES string of the molecule is Cc1ccc(-n2c(=O)cc(N3C[C@@H](C)C[C@H](C)C3)[nH]c2=O)cc1. The standard InChI is InChI=1S/C18H23N3O2/c1-12-4-6-15(7-5-12)21-17(22)9-16(19-18(21)23)20-10-13(2)8-14(3)11-20/h4-7,9,13-14H,8,10-11H2,1-3H3,(H,19,23)/t13-,14-/m0/s1. The third kappa shape index (κ3) is 3.23. The van der Waals surface area contributed by atoms with Crippen LogP contribution in [0.25, 0.3) is 5.69 Å². The molecule has 1 aliphatic rings. The Morgan fingerprint density at radius 3 is 2.22 bits per heavy atom. The molecule has 0 aliphatic carbocycles. The lowest BCUT2D eigenvalue weighted by molar-refractivity contribution is 0.355. The monoisotopic (exact) mass is 313 g/mol. The molecule has 1 N–H and O–H groups in total. The summed E-state index contributed by atoms with van der Waals surface area (Å²) in [6, 6.07) is 8.89. The van der Waals surface area contributed by atoms with E-state index in [1.807, 2.05) is 19.1 Å². The van der Waals surface area contributed by atoms with Crippen molar-refractivity contribution in [3.63, 3.8) is 0 Å². The van der Waals surface area contributed by atoms with E-state index in [9.17, 15) is 9.59 Å². The number of H-pyrrole nitrogens is 1. The van der Waals surface area contributed by atoms with Gasteiger partial charge in [0.05, 0.1) is 5.69 Å². The maximum atomic E-state index is 12.5. The van der Waals surface area contributed by atoms with Gasteiger partial charge in [-0.3, -0.25) is 9.78 Å². The van der Waals surface area contributed by atoms with Gasteiger partial charge in [-0.05, 0) is 37.3 Å². The first-order valence-corrected chi connectivity index (χ1v) is 8.12. The Bertz CT molecular complexity index is 763. The third-order valence-corrected chi connectivity index (χ3v) is 4.42. The second-order valence-corrected chi connectivity index (χ2v) is 6.82. The van der Waals surface area contributed by atoms with Gasteiger partial charge in [0.15, 0.2) is 0 Å². The molecule has 1 saturated heterocycles. The van der Waals surface area contributed by atoms with Crippen molar-refractivity contribution in [2.75, 3.05) is 18.0 Å². The van der Waals surface area contributed by atoms with Crippen molar-refractivity contribution in [2.45, 2.75) is 27.2 Å². The lowest BCUT2D eigenvalue weighted by atomic mass is 9.92. The fourth-order valence-corrected chi connectivity index (χ4v) is 3.45. The van der Waals surface area contributed by atoms with Gasteiger partial charge in [-0.15, -0.1) is 0 Å². The maximum Gasteiger partial charge on any atom is 0.334 e. The molecule has 1 fully saturated rings. The molecule has 2 atom stereocenters. The number of piperidine rings is 1. The summed E-state index contributed by atoms with van der Waals surface area (Å²) in [5.41, 5.74) is 1.00. The van der Waals surface area contributed by atoms with Gasteiger partial charge in [0.25, 0.3) is 5.56 Å². The number of rotatable bonds is 2. The topological polar surface area (TPSA) is 58.1 Å². The van der Waals surface area contributed by atoms with Crippen LogP contribution < -0.4 is 16.1 Å². The molecule has 0 saturated carbocycles. The number of aryl methyl sites for hydroxylation is 1. The molecule has 23 heavy (non-hydrogen) atoms. The van der Waals surface area contributed by atoms with Crippen LogP contribution in [0, 0.1) is 18.8 Å². The van der Waals surface area contributed by atoms with Crippen molar-refractivity contribution in [3.8, 4) is 5.69 Å². The van der Waals surface area contributed by atoms with Crippen molar-refractivity contribution in [3.05, 3.63) is 56.7 Å². The molecule has 5 heteroatoms. The molecule has 1 aromatic heterocycles. The molecule has 2 aromatic rings. The van der Waals surface area contributed by atoms with Gasteiger partial charge in [0.2, 0.25) is 0 Å². The Hall–Kier alpha value is -2.30. The second-order valence-electron chi connectivity index (χ2n) is 6.82. The van der Waals surface area contributed by atoms with Crippen LogP contribution in [0.3, 0.4) is 0 Å². The summed E-state index contributed by atoms with van der Waals surface area (Å²) < 4.78 is 1.18. The summed E-state index contributed by atoms with van der Waals surface area (Å²) >= 11 is 0. The molecule has 0 radical (unpaired) electrons. The smallest absolute Gasteiger partial charge is 0.334 e. The summed E-state index contributed by atoms with van der Waals surface area (Å²) in [7, 11) is 0. The highest BCUT2D eigenvalue weighted by atomic mass is 16.2. The highest BCUT2D eigenvalue weighted by Gasteiger charge is 2.23. The molecular weight excluding hydrogens is 290 g/mol. The first-order chi connectivity index (χ1) is 10.9. The van der Waals surface area contributed by atoms with E-state index in [-0.39, 0.29) is 11.2 Å². The summed E-state index contributed by atoms with van der Waals surface area (Å²) in [4.78, 5) is 29.9. The number of aromatic nitrogens is 2. The normalized spacial score (nSPS) is 21.4. The van der Waals surface area contributed by atoms with Crippen LogP contribution in [0.4, 0.5) is 5.82 Å². The van der Waals surface area contributed by atoms with Crippen molar-refractivity contribution in [1.29, 1.82) is 0 Å². The summed E-state index contributed by atoms with van der Waals surface area (Å²) in [6.07, 6.45) is 1.18. The van der Waals surface area contributed by atoms with Gasteiger partial charge in [0.1, 0.15) is 5.82 Å². The Kier molecular flexibility index (Phi) is 4.11. The lowest BCUT2D eigenvalue weighted by Crippen LogP contribution is -2.42. The minimum absolute atomic E-state index is 0.293. The first-order valence-electron chi connectivity index (χ1n) is 8.12. The predicted molar refractivity (Wildman–Crippen MR) is 92.6 cm³/mol. The van der Waals surface area contributed by atoms with Gasteiger partial charge in [0, 0.05) is 19.2 Å². The average Bonchev–Trinajstić information content (AvgIpc) is 2.47. The molecule has 3 rings (SSSR count). The molecule has 122 valence electrons. The molecule has 0 spiro atoms. The summed E-state index contributed by atoms with van der Waals surface area (Å²) in [6.45, 7) is 8.11. The van der Waals surface area contributed by atoms with E-state index in [1.54, 1.807) is 12.1 Å². The lowest BCUT2D eigenvalue weighted by Gasteiger charge is -2.36. The Balaban J connectivity index is 1.99. The van der Waals surface area contributed by atoms with E-state index in [4.69, 9.17) is 0 Å². The van der Waals surface area contributed by atoms with Gasteiger partial charge >= 0.3 is 5.69 Å². The quantitative estimate of drug-likeness (QED) is 0.925. The van der Waals surface area contributed by atoms with Crippen LogP contribution in [0.1, 0.15) is 25.8 Å². The third-order valence-electron chi connectivity index (χ3n) is 4.42. The number of nitrogens with one attached hydrogen (secondary N) is 1. The van der Waals surface area contributed by atoms with Crippen molar-refractivity contribution >= 4 is 5.82 Å². The average molecular weight is 313 g/mol. The molecule has 2 heterocycles. The molecule has 5 nitrogen and oxygen atoms in total. The van der Waals surface area contributed by atoms with Crippen LogP contribution >= 0.6 is 0 Å². The van der Waals surface area contributed by atoms with E-state index < -0.39 is 0 Å². The van der Waals surface area contributed by atoms with E-state index in [0.29, 0.717) is 23.3 Å². The number of anilines is 1. The summed E-state index contributed by atoms with van der Waals surface area (Å²) in [5.74, 6) is 1.74. The zero-order valence-electron chi connectivity index (χ0n) is 13.9. The second kappa shape index (κ2) is 6.07. The minimum atomic E-state index is -0.387. The van der Waals surface area contributed by atoms with E-state index in [1.165, 1.54) is 17.1 Å². The summed E-state index contributed by atoms with van der Waals surface area (Å²) in [5, 5.41) is 0. The van der Waals surface area contributed by atoms with E-state index in [0.717, 1.165) is 18.7 Å². The Morgan fingerprint density at radius 2 is 1.65 bits per heavy atom. The predicted octanol–water partition coefficient (Wildman–Crippen LogP) is 2.32. The molecule has 1 aliphatic heterocycles. The minimum Gasteiger partial charge on any atom is -0.357 e. The fourth-order valence-electron chi connectivity index (χ4n) is 3.45. The number of hydrogen-bond donors (Lipinski definition) is 1. The van der Waals surface area contributed by atoms with Crippen molar-refractivity contribution in [1.82, 2.24) is 9.55 Å². The van der Waals surface area contributed by atoms with Crippen LogP contribution in [0.5, 0.6) is 0 Å². The Morgan fingerprint density at radius 1 is 1.04 bits per heavy atom. The highest BCUT2D eigenvalue weighted by molar-refractivity contribution is 5.40. The number of aromatic amines is 1. The molecule has 0 bridgehead atoms. The van der Waals surface area contributed by atoms with Gasteiger partial charge in [-0.2, -0.15) is 0 Å². The number of nitrogens with zero attached hydrogens (tertiary/aromatic N) is 2. The number of hydrogen-bond acceptors (Lipinski definition) is 3. The zero-order chi connectivity index (χ0) is 16.6. The highest BCUT2D eigenvalue weighted by Crippen LogP contribution is 2.23. The van der Waals surface area contributed by atoms with E-state index in [2.05, 4.69) is 23.7 Å². The largest absolute Gasteiger partial charge is 0.357 e. The van der Waals surface area contributed by atoms with Crippen LogP contribution in [-0.4, -0.2) is 22.6 Å². The van der Waals surface area contributed by atoms with Gasteiger partial charge in [-0.25, -0.2) is 9.36 Å². The van der Waals surface area contributed by atoms with Crippen molar-refractivity contribution < 1.29 is 0 Å². The Labute approximate surface area is 135 Å². The fraction of sp³-hybridized carbons (Fsp3) is 0.444. The van der Waals surface area contributed by atoms with Crippen LogP contribution in [0.15, 0.2) is 39.9 Å². The molecule has 1 aromatic carbocycles. The zero-order valence-corrected chi connectivity index (χ0v) is 13.9. The van der Waals surface area contributed by atoms with E-state index >= 15 is 0 Å². The first kappa shape index (κ1) is 15.6. The van der Waals surface area contributed by atoms with Crippen molar-refractivity contribution in [2.24, 2.45) is 11.8 Å². The molecule has 0 unspecified atom stereocenters. The molecular formula is C18H23N3O2. The van der Waals surface area contributed by atoms with Crippen LogP contribution in [-0.2, 0) is 0 Å². The van der Waals surface area contributed by atoms with Gasteiger partial charge < -0.3 is 4.90 Å².